The molecule has 0 saturated carbocycles. The Hall–Kier alpha value is -0.580. The van der Waals surface area contributed by atoms with Crippen molar-refractivity contribution >= 4 is 21.6 Å². The first-order valence-electron chi connectivity index (χ1n) is 5.64. The summed E-state index contributed by atoms with van der Waals surface area (Å²) in [4.78, 5) is 0. The first-order chi connectivity index (χ1) is 7.85. The summed E-state index contributed by atoms with van der Waals surface area (Å²) in [5.74, 6) is 0. The summed E-state index contributed by atoms with van der Waals surface area (Å²) in [5, 5.41) is 10.1. The summed E-state index contributed by atoms with van der Waals surface area (Å²) in [7, 11) is 1.69. The van der Waals surface area contributed by atoms with E-state index in [2.05, 4.69) is 15.9 Å². The number of aliphatic hydroxyl groups is 1. The van der Waals surface area contributed by atoms with Crippen LogP contribution in [0.25, 0.3) is 0 Å². The average Bonchev–Trinajstić information content (AvgIpc) is 2.26. The van der Waals surface area contributed by atoms with Crippen molar-refractivity contribution in [1.29, 1.82) is 0 Å². The third-order valence-electron chi connectivity index (χ3n) is 2.96. The molecule has 0 aliphatic rings. The topological polar surface area (TPSA) is 55.5 Å². The summed E-state index contributed by atoms with van der Waals surface area (Å²) in [6.45, 7) is 4.02. The van der Waals surface area contributed by atoms with Crippen LogP contribution in [0.4, 0.5) is 5.69 Å². The van der Waals surface area contributed by atoms with Gasteiger partial charge in [-0.05, 0) is 44.4 Å². The van der Waals surface area contributed by atoms with E-state index in [0.29, 0.717) is 12.1 Å². The third kappa shape index (κ3) is 4.30. The largest absolute Gasteiger partial charge is 0.399 e. The number of ether oxygens (including phenoxy) is 1. The quantitative estimate of drug-likeness (QED) is 0.821. The number of halogens is 1. The first kappa shape index (κ1) is 14.5. The van der Waals surface area contributed by atoms with E-state index in [0.717, 1.165) is 16.5 Å². The molecular formula is C13H20BrNO2. The molecule has 0 bridgehead atoms. The predicted molar refractivity (Wildman–Crippen MR) is 73.8 cm³/mol. The molecule has 0 saturated heterocycles. The van der Waals surface area contributed by atoms with E-state index in [-0.39, 0.29) is 5.60 Å². The van der Waals surface area contributed by atoms with Gasteiger partial charge in [0.1, 0.15) is 0 Å². The molecule has 0 aliphatic carbocycles. The molecule has 17 heavy (non-hydrogen) atoms. The standard InChI is InChI=1S/C13H20BrNO2/c1-13(2,17-3)7-6-12(16)10-5-4-9(15)8-11(10)14/h4-5,8,12,16H,6-7,15H2,1-3H3. The van der Waals surface area contributed by atoms with Crippen molar-refractivity contribution in [2.24, 2.45) is 0 Å². The molecule has 1 atom stereocenters. The van der Waals surface area contributed by atoms with Crippen LogP contribution < -0.4 is 5.73 Å². The van der Waals surface area contributed by atoms with Gasteiger partial charge < -0.3 is 15.6 Å². The van der Waals surface area contributed by atoms with E-state index in [1.807, 2.05) is 19.9 Å². The molecule has 0 heterocycles. The minimum Gasteiger partial charge on any atom is -0.399 e. The maximum absolute atomic E-state index is 10.1. The van der Waals surface area contributed by atoms with Gasteiger partial charge >= 0.3 is 0 Å². The monoisotopic (exact) mass is 301 g/mol. The summed E-state index contributed by atoms with van der Waals surface area (Å²) in [5.41, 5.74) is 7.01. The van der Waals surface area contributed by atoms with Crippen LogP contribution in [0.15, 0.2) is 22.7 Å². The number of anilines is 1. The van der Waals surface area contributed by atoms with Crippen LogP contribution >= 0.6 is 15.9 Å². The van der Waals surface area contributed by atoms with Crippen molar-refractivity contribution in [3.05, 3.63) is 28.2 Å². The number of hydrogen-bond donors (Lipinski definition) is 2. The maximum Gasteiger partial charge on any atom is 0.0802 e. The summed E-state index contributed by atoms with van der Waals surface area (Å²) >= 11 is 3.41. The number of methoxy groups -OCH3 is 1. The number of aliphatic hydroxyl groups excluding tert-OH is 1. The van der Waals surface area contributed by atoms with Gasteiger partial charge in [-0.2, -0.15) is 0 Å². The Kier molecular flexibility index (Phi) is 4.98. The van der Waals surface area contributed by atoms with Crippen molar-refractivity contribution in [3.63, 3.8) is 0 Å². The molecule has 3 N–H and O–H groups in total. The van der Waals surface area contributed by atoms with Crippen LogP contribution in [-0.4, -0.2) is 17.8 Å². The van der Waals surface area contributed by atoms with Gasteiger partial charge in [-0.3, -0.25) is 0 Å². The zero-order chi connectivity index (χ0) is 13.1. The minimum atomic E-state index is -0.501. The summed E-state index contributed by atoms with van der Waals surface area (Å²) in [6, 6.07) is 5.45. The average molecular weight is 302 g/mol. The van der Waals surface area contributed by atoms with E-state index in [4.69, 9.17) is 10.5 Å². The highest BCUT2D eigenvalue weighted by atomic mass is 79.9. The second-order valence-electron chi connectivity index (χ2n) is 4.80. The van der Waals surface area contributed by atoms with Crippen LogP contribution in [-0.2, 0) is 4.74 Å². The van der Waals surface area contributed by atoms with Gasteiger partial charge in [-0.1, -0.05) is 22.0 Å². The lowest BCUT2D eigenvalue weighted by molar-refractivity contribution is 0.00273. The zero-order valence-electron chi connectivity index (χ0n) is 10.5. The number of hydrogen-bond acceptors (Lipinski definition) is 3. The van der Waals surface area contributed by atoms with Crippen LogP contribution in [0.3, 0.4) is 0 Å². The Morgan fingerprint density at radius 1 is 1.47 bits per heavy atom. The molecule has 0 radical (unpaired) electrons. The fourth-order valence-corrected chi connectivity index (χ4v) is 2.22. The highest BCUT2D eigenvalue weighted by Gasteiger charge is 2.20. The lowest BCUT2D eigenvalue weighted by Gasteiger charge is -2.24. The Balaban J connectivity index is 2.67. The van der Waals surface area contributed by atoms with Gasteiger partial charge in [0.25, 0.3) is 0 Å². The van der Waals surface area contributed by atoms with E-state index >= 15 is 0 Å². The smallest absolute Gasteiger partial charge is 0.0802 e. The van der Waals surface area contributed by atoms with Crippen molar-refractivity contribution in [1.82, 2.24) is 0 Å². The number of nitrogens with two attached hydrogens (primary N) is 1. The van der Waals surface area contributed by atoms with Crippen LogP contribution in [0.2, 0.25) is 0 Å². The molecule has 3 nitrogen and oxygen atoms in total. The molecule has 0 aliphatic heterocycles. The molecule has 0 fully saturated rings. The van der Waals surface area contributed by atoms with Crippen molar-refractivity contribution < 1.29 is 9.84 Å². The summed E-state index contributed by atoms with van der Waals surface area (Å²) < 4.78 is 6.18. The molecule has 1 unspecified atom stereocenters. The van der Waals surface area contributed by atoms with Crippen LogP contribution in [0.5, 0.6) is 0 Å². The third-order valence-corrected chi connectivity index (χ3v) is 3.64. The van der Waals surface area contributed by atoms with Gasteiger partial charge in [0.15, 0.2) is 0 Å². The van der Waals surface area contributed by atoms with E-state index in [9.17, 15) is 5.11 Å². The maximum atomic E-state index is 10.1. The number of benzene rings is 1. The highest BCUT2D eigenvalue weighted by Crippen LogP contribution is 2.30. The predicted octanol–water partition coefficient (Wildman–Crippen LogP) is 3.27. The first-order valence-corrected chi connectivity index (χ1v) is 6.43. The molecule has 4 heteroatoms. The SMILES string of the molecule is COC(C)(C)CCC(O)c1ccc(N)cc1Br. The molecule has 1 aromatic carbocycles. The van der Waals surface area contributed by atoms with Crippen molar-refractivity contribution in [2.45, 2.75) is 38.4 Å². The Morgan fingerprint density at radius 3 is 2.65 bits per heavy atom. The van der Waals surface area contributed by atoms with E-state index < -0.39 is 6.10 Å². The second-order valence-corrected chi connectivity index (χ2v) is 5.65. The van der Waals surface area contributed by atoms with Gasteiger partial charge in [0.2, 0.25) is 0 Å². The van der Waals surface area contributed by atoms with E-state index in [1.165, 1.54) is 0 Å². The van der Waals surface area contributed by atoms with Gasteiger partial charge in [0.05, 0.1) is 11.7 Å². The van der Waals surface area contributed by atoms with Gasteiger partial charge in [-0.25, -0.2) is 0 Å². The molecule has 0 aromatic heterocycles. The molecule has 1 aromatic rings. The second kappa shape index (κ2) is 5.85. The minimum absolute atomic E-state index is 0.207. The Labute approximate surface area is 111 Å². The Morgan fingerprint density at radius 2 is 2.12 bits per heavy atom. The molecule has 0 spiro atoms. The van der Waals surface area contributed by atoms with Crippen LogP contribution in [0, 0.1) is 0 Å². The fraction of sp³-hybridized carbons (Fsp3) is 0.538. The number of rotatable bonds is 5. The van der Waals surface area contributed by atoms with Crippen molar-refractivity contribution in [3.8, 4) is 0 Å². The molecule has 96 valence electrons. The number of nitrogen functional groups attached to an aromatic ring is 1. The zero-order valence-corrected chi connectivity index (χ0v) is 12.1. The molecular weight excluding hydrogens is 282 g/mol. The lowest BCUT2D eigenvalue weighted by Crippen LogP contribution is -2.23. The fourth-order valence-electron chi connectivity index (χ4n) is 1.56. The normalized spacial score (nSPS) is 13.7. The van der Waals surface area contributed by atoms with Gasteiger partial charge in [0, 0.05) is 17.3 Å². The molecule has 1 rings (SSSR count). The van der Waals surface area contributed by atoms with Crippen molar-refractivity contribution in [2.75, 3.05) is 12.8 Å². The van der Waals surface area contributed by atoms with Gasteiger partial charge in [-0.15, -0.1) is 0 Å². The molecule has 0 amide bonds. The van der Waals surface area contributed by atoms with Crippen LogP contribution in [0.1, 0.15) is 38.4 Å². The Bertz CT molecular complexity index is 380. The lowest BCUT2D eigenvalue weighted by atomic mass is 9.96. The van der Waals surface area contributed by atoms with E-state index in [1.54, 1.807) is 19.2 Å². The highest BCUT2D eigenvalue weighted by molar-refractivity contribution is 9.10. The summed E-state index contributed by atoms with van der Waals surface area (Å²) in [6.07, 6.45) is 0.949.